The van der Waals surface area contributed by atoms with Crippen LogP contribution in [0.2, 0.25) is 0 Å². The number of hydrogen-bond donors (Lipinski definition) is 0. The first kappa shape index (κ1) is 15.0. The number of aromatic nitrogens is 2. The molecule has 0 aliphatic heterocycles. The van der Waals surface area contributed by atoms with E-state index in [1.54, 1.807) is 22.0 Å². The number of nitrogens with zero attached hydrogens (tertiary/aromatic N) is 3. The second-order valence-electron chi connectivity index (χ2n) is 5.66. The Hall–Kier alpha value is -2.88. The van der Waals surface area contributed by atoms with Gasteiger partial charge in [0.15, 0.2) is 0 Å². The van der Waals surface area contributed by atoms with Gasteiger partial charge in [0.2, 0.25) is 0 Å². The Morgan fingerprint density at radius 2 is 1.78 bits per heavy atom. The van der Waals surface area contributed by atoms with E-state index in [0.29, 0.717) is 12.1 Å². The molecule has 0 saturated heterocycles. The molecule has 0 unspecified atom stereocenters. The summed E-state index contributed by atoms with van der Waals surface area (Å²) in [5.74, 6) is -0.0345. The number of aryl methyl sites for hydroxylation is 1. The molecule has 3 rings (SSSR count). The quantitative estimate of drug-likeness (QED) is 0.740. The van der Waals surface area contributed by atoms with Gasteiger partial charge in [-0.3, -0.25) is 4.79 Å². The molecule has 0 N–H and O–H groups in total. The summed E-state index contributed by atoms with van der Waals surface area (Å²) in [6.07, 6.45) is 3.38. The highest BCUT2D eigenvalue weighted by atomic mass is 16.2. The molecule has 4 nitrogen and oxygen atoms in total. The highest BCUT2D eigenvalue weighted by molar-refractivity contribution is 5.93. The predicted octanol–water partition coefficient (Wildman–Crippen LogP) is 3.45. The highest BCUT2D eigenvalue weighted by Crippen LogP contribution is 2.12. The van der Waals surface area contributed by atoms with Crippen molar-refractivity contribution in [2.45, 2.75) is 13.5 Å². The molecule has 0 bridgehead atoms. The van der Waals surface area contributed by atoms with E-state index in [1.807, 2.05) is 49.5 Å². The van der Waals surface area contributed by atoms with Crippen molar-refractivity contribution in [3.8, 4) is 5.69 Å². The van der Waals surface area contributed by atoms with Gasteiger partial charge >= 0.3 is 0 Å². The normalized spacial score (nSPS) is 10.5. The number of para-hydroxylation sites is 1. The van der Waals surface area contributed by atoms with Crippen molar-refractivity contribution in [2.24, 2.45) is 0 Å². The standard InChI is InChI=1S/C19H19N3O/c1-15-8-10-16(11-9-15)13-21(2)19(23)17-12-20-22(14-17)18-6-4-3-5-7-18/h3-12,14H,13H2,1-2H3. The number of rotatable bonds is 4. The Kier molecular flexibility index (Phi) is 4.24. The summed E-state index contributed by atoms with van der Waals surface area (Å²) in [6, 6.07) is 18.0. The van der Waals surface area contributed by atoms with Crippen molar-refractivity contribution < 1.29 is 4.79 Å². The van der Waals surface area contributed by atoms with Gasteiger partial charge in [-0.25, -0.2) is 4.68 Å². The molecule has 0 atom stereocenters. The molecule has 0 fully saturated rings. The lowest BCUT2D eigenvalue weighted by Gasteiger charge is -2.16. The highest BCUT2D eigenvalue weighted by Gasteiger charge is 2.14. The van der Waals surface area contributed by atoms with Crippen molar-refractivity contribution >= 4 is 5.91 Å². The first-order valence-corrected chi connectivity index (χ1v) is 7.54. The zero-order valence-electron chi connectivity index (χ0n) is 13.3. The number of carbonyl (C=O) groups is 1. The van der Waals surface area contributed by atoms with E-state index >= 15 is 0 Å². The van der Waals surface area contributed by atoms with Crippen LogP contribution in [0.1, 0.15) is 21.5 Å². The van der Waals surface area contributed by atoms with Gasteiger partial charge in [0, 0.05) is 19.8 Å². The summed E-state index contributed by atoms with van der Waals surface area (Å²) in [7, 11) is 1.81. The fourth-order valence-electron chi connectivity index (χ4n) is 2.41. The lowest BCUT2D eigenvalue weighted by atomic mass is 10.1. The van der Waals surface area contributed by atoms with Crippen molar-refractivity contribution in [1.29, 1.82) is 0 Å². The van der Waals surface area contributed by atoms with E-state index in [2.05, 4.69) is 24.2 Å². The third-order valence-electron chi connectivity index (χ3n) is 3.74. The number of carbonyl (C=O) groups excluding carboxylic acids is 1. The molecule has 116 valence electrons. The zero-order valence-corrected chi connectivity index (χ0v) is 13.3. The summed E-state index contributed by atoms with van der Waals surface area (Å²) in [6.45, 7) is 2.63. The largest absolute Gasteiger partial charge is 0.337 e. The molecule has 1 amide bonds. The predicted molar refractivity (Wildman–Crippen MR) is 90.5 cm³/mol. The van der Waals surface area contributed by atoms with E-state index in [9.17, 15) is 4.79 Å². The summed E-state index contributed by atoms with van der Waals surface area (Å²) >= 11 is 0. The van der Waals surface area contributed by atoms with Crippen LogP contribution in [-0.4, -0.2) is 27.6 Å². The molecule has 0 spiro atoms. The molecule has 1 heterocycles. The van der Waals surface area contributed by atoms with E-state index in [-0.39, 0.29) is 5.91 Å². The average Bonchev–Trinajstić information content (AvgIpc) is 3.07. The van der Waals surface area contributed by atoms with Crippen molar-refractivity contribution in [3.05, 3.63) is 83.7 Å². The SMILES string of the molecule is Cc1ccc(CN(C)C(=O)c2cnn(-c3ccccc3)c2)cc1. The Labute approximate surface area is 136 Å². The Morgan fingerprint density at radius 3 is 2.48 bits per heavy atom. The molecule has 0 aliphatic rings. The third kappa shape index (κ3) is 3.48. The topological polar surface area (TPSA) is 38.1 Å². The first-order valence-electron chi connectivity index (χ1n) is 7.54. The van der Waals surface area contributed by atoms with Crippen LogP contribution in [0.4, 0.5) is 0 Å². The molecule has 23 heavy (non-hydrogen) atoms. The van der Waals surface area contributed by atoms with E-state index in [0.717, 1.165) is 11.3 Å². The van der Waals surface area contributed by atoms with Crippen LogP contribution in [0.15, 0.2) is 67.0 Å². The van der Waals surface area contributed by atoms with Crippen molar-refractivity contribution in [3.63, 3.8) is 0 Å². The van der Waals surface area contributed by atoms with E-state index in [1.165, 1.54) is 5.56 Å². The summed E-state index contributed by atoms with van der Waals surface area (Å²) in [5.41, 5.74) is 3.85. The average molecular weight is 305 g/mol. The van der Waals surface area contributed by atoms with Crippen LogP contribution in [0.3, 0.4) is 0 Å². The molecule has 4 heteroatoms. The van der Waals surface area contributed by atoms with Crippen LogP contribution < -0.4 is 0 Å². The maximum Gasteiger partial charge on any atom is 0.257 e. The smallest absolute Gasteiger partial charge is 0.257 e. The number of benzene rings is 2. The monoisotopic (exact) mass is 305 g/mol. The van der Waals surface area contributed by atoms with Crippen molar-refractivity contribution in [1.82, 2.24) is 14.7 Å². The fourth-order valence-corrected chi connectivity index (χ4v) is 2.41. The van der Waals surface area contributed by atoms with Gasteiger partial charge in [-0.1, -0.05) is 48.0 Å². The Bertz CT molecular complexity index is 791. The zero-order chi connectivity index (χ0) is 16.2. The van der Waals surface area contributed by atoms with Crippen LogP contribution in [-0.2, 0) is 6.54 Å². The summed E-state index contributed by atoms with van der Waals surface area (Å²) < 4.78 is 1.72. The maximum absolute atomic E-state index is 12.5. The van der Waals surface area contributed by atoms with Gasteiger partial charge in [0.1, 0.15) is 0 Å². The van der Waals surface area contributed by atoms with Gasteiger partial charge in [-0.2, -0.15) is 5.10 Å². The summed E-state index contributed by atoms with van der Waals surface area (Å²) in [4.78, 5) is 14.2. The van der Waals surface area contributed by atoms with E-state index < -0.39 is 0 Å². The van der Waals surface area contributed by atoms with Crippen LogP contribution in [0.25, 0.3) is 5.69 Å². The molecule has 3 aromatic rings. The second kappa shape index (κ2) is 6.48. The maximum atomic E-state index is 12.5. The molecule has 2 aromatic carbocycles. The van der Waals surface area contributed by atoms with Gasteiger partial charge in [0.05, 0.1) is 17.4 Å². The summed E-state index contributed by atoms with van der Waals surface area (Å²) in [5, 5.41) is 4.28. The van der Waals surface area contributed by atoms with Crippen LogP contribution in [0, 0.1) is 6.92 Å². The second-order valence-corrected chi connectivity index (χ2v) is 5.66. The van der Waals surface area contributed by atoms with Crippen LogP contribution >= 0.6 is 0 Å². The van der Waals surface area contributed by atoms with E-state index in [4.69, 9.17) is 0 Å². The fraction of sp³-hybridized carbons (Fsp3) is 0.158. The van der Waals surface area contributed by atoms with Crippen molar-refractivity contribution in [2.75, 3.05) is 7.05 Å². The molecule has 0 aliphatic carbocycles. The van der Waals surface area contributed by atoms with Gasteiger partial charge < -0.3 is 4.90 Å². The molecular formula is C19H19N3O. The Balaban J connectivity index is 1.72. The molecular weight excluding hydrogens is 286 g/mol. The Morgan fingerprint density at radius 1 is 1.09 bits per heavy atom. The van der Waals surface area contributed by atoms with Gasteiger partial charge in [0.25, 0.3) is 5.91 Å². The van der Waals surface area contributed by atoms with Gasteiger partial charge in [-0.15, -0.1) is 0 Å². The number of amides is 1. The van der Waals surface area contributed by atoms with Gasteiger partial charge in [-0.05, 0) is 24.6 Å². The minimum absolute atomic E-state index is 0.0345. The molecule has 0 saturated carbocycles. The molecule has 0 radical (unpaired) electrons. The minimum atomic E-state index is -0.0345. The first-order chi connectivity index (χ1) is 11.1. The molecule has 1 aromatic heterocycles. The minimum Gasteiger partial charge on any atom is -0.337 e. The third-order valence-corrected chi connectivity index (χ3v) is 3.74. The lowest BCUT2D eigenvalue weighted by molar-refractivity contribution is 0.0785. The van der Waals surface area contributed by atoms with Crippen LogP contribution in [0.5, 0.6) is 0 Å². The lowest BCUT2D eigenvalue weighted by Crippen LogP contribution is -2.25. The number of hydrogen-bond acceptors (Lipinski definition) is 2.